The topological polar surface area (TPSA) is 37.0 Å². The van der Waals surface area contributed by atoms with Gasteiger partial charge in [0, 0.05) is 18.8 Å². The summed E-state index contributed by atoms with van der Waals surface area (Å²) in [6, 6.07) is 4.16. The molecule has 0 bridgehead atoms. The second kappa shape index (κ2) is 5.60. The van der Waals surface area contributed by atoms with Crippen LogP contribution in [0, 0.1) is 0 Å². The minimum absolute atomic E-state index is 0.501. The summed E-state index contributed by atoms with van der Waals surface area (Å²) < 4.78 is 0. The Kier molecular flexibility index (Phi) is 4.40. The Morgan fingerprint density at radius 1 is 1.29 bits per heavy atom. The van der Waals surface area contributed by atoms with E-state index in [1.165, 1.54) is 0 Å². The molecule has 1 heterocycles. The predicted molar refractivity (Wildman–Crippen MR) is 60.7 cm³/mol. The van der Waals surface area contributed by atoms with E-state index in [0.717, 1.165) is 24.5 Å². The highest BCUT2D eigenvalue weighted by atomic mass is 14.9. The third-order valence-corrected chi connectivity index (χ3v) is 2.08. The van der Waals surface area contributed by atoms with E-state index in [0.29, 0.717) is 5.92 Å². The second-order valence-corrected chi connectivity index (χ2v) is 3.66. The Hall–Kier alpha value is -1.09. The van der Waals surface area contributed by atoms with Crippen molar-refractivity contribution in [2.75, 3.05) is 25.5 Å². The fraction of sp³-hybridized carbons (Fsp3) is 0.545. The monoisotopic (exact) mass is 193 g/mol. The summed E-state index contributed by atoms with van der Waals surface area (Å²) in [5.74, 6) is 0.501. The first-order chi connectivity index (χ1) is 6.74. The summed E-state index contributed by atoms with van der Waals surface area (Å²) in [4.78, 5) is 4.37. The lowest BCUT2D eigenvalue weighted by atomic mass is 10.1. The molecule has 3 heteroatoms. The lowest BCUT2D eigenvalue weighted by Gasteiger charge is -2.07. The highest BCUT2D eigenvalue weighted by Gasteiger charge is 1.99. The zero-order valence-corrected chi connectivity index (χ0v) is 9.17. The zero-order valence-electron chi connectivity index (χ0n) is 9.17. The maximum absolute atomic E-state index is 4.37. The van der Waals surface area contributed by atoms with Gasteiger partial charge in [0.05, 0.1) is 11.9 Å². The molecule has 0 fully saturated rings. The van der Waals surface area contributed by atoms with Crippen LogP contribution in [0.1, 0.15) is 25.5 Å². The van der Waals surface area contributed by atoms with Gasteiger partial charge in [-0.2, -0.15) is 0 Å². The molecule has 2 N–H and O–H groups in total. The number of hydrogen-bond acceptors (Lipinski definition) is 3. The predicted octanol–water partition coefficient (Wildman–Crippen LogP) is 1.84. The summed E-state index contributed by atoms with van der Waals surface area (Å²) in [6.45, 7) is 6.19. The Morgan fingerprint density at radius 2 is 2.07 bits per heavy atom. The van der Waals surface area contributed by atoms with Crippen LogP contribution in [0.2, 0.25) is 0 Å². The van der Waals surface area contributed by atoms with E-state index in [-0.39, 0.29) is 0 Å². The summed E-state index contributed by atoms with van der Waals surface area (Å²) in [7, 11) is 1.95. The molecule has 0 radical (unpaired) electrons. The summed E-state index contributed by atoms with van der Waals surface area (Å²) in [6.07, 6.45) is 1.89. The van der Waals surface area contributed by atoms with Gasteiger partial charge in [0.15, 0.2) is 0 Å². The number of pyridine rings is 1. The summed E-state index contributed by atoms with van der Waals surface area (Å²) in [5, 5.41) is 6.37. The van der Waals surface area contributed by atoms with Crippen molar-refractivity contribution in [1.29, 1.82) is 0 Å². The van der Waals surface area contributed by atoms with Crippen LogP contribution in [0.5, 0.6) is 0 Å². The van der Waals surface area contributed by atoms with Crippen LogP contribution in [-0.4, -0.2) is 25.1 Å². The van der Waals surface area contributed by atoms with Crippen molar-refractivity contribution in [3.8, 4) is 0 Å². The first-order valence-corrected chi connectivity index (χ1v) is 5.08. The smallest absolute Gasteiger partial charge is 0.0527 e. The van der Waals surface area contributed by atoms with Crippen LogP contribution in [-0.2, 0) is 0 Å². The van der Waals surface area contributed by atoms with Crippen LogP contribution in [0.15, 0.2) is 18.3 Å². The van der Waals surface area contributed by atoms with Gasteiger partial charge < -0.3 is 10.6 Å². The number of nitrogens with one attached hydrogen (secondary N) is 2. The molecular formula is C11H19N3. The zero-order chi connectivity index (χ0) is 10.4. The fourth-order valence-corrected chi connectivity index (χ4v) is 1.18. The summed E-state index contributed by atoms with van der Waals surface area (Å²) in [5.41, 5.74) is 2.23. The van der Waals surface area contributed by atoms with Crippen molar-refractivity contribution in [2.24, 2.45) is 0 Å². The molecule has 1 aromatic heterocycles. The number of hydrogen-bond donors (Lipinski definition) is 2. The first kappa shape index (κ1) is 11.0. The molecule has 0 aliphatic rings. The van der Waals surface area contributed by atoms with E-state index < -0.39 is 0 Å². The van der Waals surface area contributed by atoms with Gasteiger partial charge in [0.2, 0.25) is 0 Å². The van der Waals surface area contributed by atoms with Gasteiger partial charge in [-0.15, -0.1) is 0 Å². The van der Waals surface area contributed by atoms with Gasteiger partial charge >= 0.3 is 0 Å². The number of likely N-dealkylation sites (N-methyl/N-ethyl adjacent to an activating group) is 1. The first-order valence-electron chi connectivity index (χ1n) is 5.08. The molecule has 0 aliphatic carbocycles. The standard InChI is InChI=1S/C11H19N3/c1-9(2)11-5-4-10(8-14-11)13-7-6-12-3/h4-5,8-9,12-13H,6-7H2,1-3H3. The third kappa shape index (κ3) is 3.34. The van der Waals surface area contributed by atoms with Gasteiger partial charge in [-0.1, -0.05) is 13.8 Å². The van der Waals surface area contributed by atoms with E-state index >= 15 is 0 Å². The van der Waals surface area contributed by atoms with Gasteiger partial charge in [0.1, 0.15) is 0 Å². The summed E-state index contributed by atoms with van der Waals surface area (Å²) >= 11 is 0. The van der Waals surface area contributed by atoms with Crippen molar-refractivity contribution >= 4 is 5.69 Å². The third-order valence-electron chi connectivity index (χ3n) is 2.08. The van der Waals surface area contributed by atoms with Gasteiger partial charge in [0.25, 0.3) is 0 Å². The fourth-order valence-electron chi connectivity index (χ4n) is 1.18. The minimum atomic E-state index is 0.501. The molecular weight excluding hydrogens is 174 g/mol. The average molecular weight is 193 g/mol. The van der Waals surface area contributed by atoms with Gasteiger partial charge in [-0.25, -0.2) is 0 Å². The number of rotatable bonds is 5. The molecule has 0 saturated carbocycles. The maximum Gasteiger partial charge on any atom is 0.0527 e. The van der Waals surface area contributed by atoms with Crippen molar-refractivity contribution in [1.82, 2.24) is 10.3 Å². The molecule has 0 aromatic carbocycles. The lowest BCUT2D eigenvalue weighted by Crippen LogP contribution is -2.17. The number of anilines is 1. The van der Waals surface area contributed by atoms with Crippen molar-refractivity contribution in [2.45, 2.75) is 19.8 Å². The van der Waals surface area contributed by atoms with Crippen LogP contribution in [0.3, 0.4) is 0 Å². The van der Waals surface area contributed by atoms with Crippen LogP contribution >= 0.6 is 0 Å². The van der Waals surface area contributed by atoms with Gasteiger partial charge in [-0.05, 0) is 25.1 Å². The molecule has 0 spiro atoms. The quantitative estimate of drug-likeness (QED) is 0.701. The molecule has 0 saturated heterocycles. The van der Waals surface area contributed by atoms with E-state index in [4.69, 9.17) is 0 Å². The molecule has 1 rings (SSSR count). The normalized spacial score (nSPS) is 10.6. The molecule has 1 aromatic rings. The molecule has 0 aliphatic heterocycles. The SMILES string of the molecule is CNCCNc1ccc(C(C)C)nc1. The number of nitrogens with zero attached hydrogens (tertiary/aromatic N) is 1. The van der Waals surface area contributed by atoms with Gasteiger partial charge in [-0.3, -0.25) is 4.98 Å². The Balaban J connectivity index is 2.47. The van der Waals surface area contributed by atoms with E-state index in [1.807, 2.05) is 13.2 Å². The van der Waals surface area contributed by atoms with Crippen LogP contribution < -0.4 is 10.6 Å². The molecule has 0 amide bonds. The highest BCUT2D eigenvalue weighted by Crippen LogP contribution is 2.13. The molecule has 3 nitrogen and oxygen atoms in total. The van der Waals surface area contributed by atoms with Crippen molar-refractivity contribution in [3.05, 3.63) is 24.0 Å². The number of aromatic nitrogens is 1. The van der Waals surface area contributed by atoms with E-state index in [2.05, 4.69) is 41.6 Å². The Labute approximate surface area is 85.9 Å². The van der Waals surface area contributed by atoms with Crippen LogP contribution in [0.25, 0.3) is 0 Å². The van der Waals surface area contributed by atoms with Crippen LogP contribution in [0.4, 0.5) is 5.69 Å². The highest BCUT2D eigenvalue weighted by molar-refractivity contribution is 5.41. The maximum atomic E-state index is 4.37. The second-order valence-electron chi connectivity index (χ2n) is 3.66. The molecule has 78 valence electrons. The van der Waals surface area contributed by atoms with E-state index in [1.54, 1.807) is 0 Å². The Bertz CT molecular complexity index is 254. The average Bonchev–Trinajstić information content (AvgIpc) is 2.19. The lowest BCUT2D eigenvalue weighted by molar-refractivity contribution is 0.815. The van der Waals surface area contributed by atoms with Crippen molar-refractivity contribution in [3.63, 3.8) is 0 Å². The van der Waals surface area contributed by atoms with Crippen molar-refractivity contribution < 1.29 is 0 Å². The molecule has 0 atom stereocenters. The van der Waals surface area contributed by atoms with E-state index in [9.17, 15) is 0 Å². The molecule has 0 unspecified atom stereocenters. The Morgan fingerprint density at radius 3 is 2.57 bits per heavy atom. The minimum Gasteiger partial charge on any atom is -0.383 e. The molecule has 14 heavy (non-hydrogen) atoms. The largest absolute Gasteiger partial charge is 0.383 e.